The Hall–Kier alpha value is -0.570. The SMILES string of the molecule is CCC1CCC(NC(=O)COC(C)C)CC1. The first kappa shape index (κ1) is 13.5. The number of hydrogen-bond acceptors (Lipinski definition) is 2. The standard InChI is InChI=1S/C13H25NO2/c1-4-11-5-7-12(8-6-11)14-13(15)9-16-10(2)3/h10-12H,4-9H2,1-3H3,(H,14,15). The molecule has 0 aromatic carbocycles. The third-order valence-electron chi connectivity index (χ3n) is 3.34. The van der Waals surface area contributed by atoms with Gasteiger partial charge in [-0.3, -0.25) is 4.79 Å². The van der Waals surface area contributed by atoms with Crippen molar-refractivity contribution < 1.29 is 9.53 Å². The van der Waals surface area contributed by atoms with Crippen molar-refractivity contribution in [2.75, 3.05) is 6.61 Å². The predicted octanol–water partition coefficient (Wildman–Crippen LogP) is 2.50. The molecule has 0 aromatic rings. The number of amides is 1. The fourth-order valence-electron chi connectivity index (χ4n) is 2.23. The van der Waals surface area contributed by atoms with Gasteiger partial charge < -0.3 is 10.1 Å². The summed E-state index contributed by atoms with van der Waals surface area (Å²) >= 11 is 0. The molecule has 0 aliphatic heterocycles. The van der Waals surface area contributed by atoms with Gasteiger partial charge in [-0.25, -0.2) is 0 Å². The summed E-state index contributed by atoms with van der Waals surface area (Å²) in [6.07, 6.45) is 6.18. The molecule has 1 rings (SSSR count). The number of rotatable bonds is 5. The lowest BCUT2D eigenvalue weighted by molar-refractivity contribution is -0.128. The maximum Gasteiger partial charge on any atom is 0.246 e. The summed E-state index contributed by atoms with van der Waals surface area (Å²) in [7, 11) is 0. The molecule has 0 spiro atoms. The van der Waals surface area contributed by atoms with E-state index in [0.717, 1.165) is 18.8 Å². The Labute approximate surface area is 98.9 Å². The highest BCUT2D eigenvalue weighted by molar-refractivity contribution is 5.77. The Kier molecular flexibility index (Phi) is 5.81. The zero-order chi connectivity index (χ0) is 12.0. The summed E-state index contributed by atoms with van der Waals surface area (Å²) in [4.78, 5) is 11.5. The van der Waals surface area contributed by atoms with Crippen LogP contribution in [0.25, 0.3) is 0 Å². The van der Waals surface area contributed by atoms with Crippen LogP contribution in [0.2, 0.25) is 0 Å². The minimum absolute atomic E-state index is 0.0358. The molecule has 3 heteroatoms. The van der Waals surface area contributed by atoms with Gasteiger partial charge in [-0.2, -0.15) is 0 Å². The van der Waals surface area contributed by atoms with E-state index in [1.54, 1.807) is 0 Å². The zero-order valence-corrected chi connectivity index (χ0v) is 10.8. The van der Waals surface area contributed by atoms with Gasteiger partial charge in [-0.05, 0) is 45.4 Å². The molecule has 0 bridgehead atoms. The van der Waals surface area contributed by atoms with Gasteiger partial charge in [0, 0.05) is 6.04 Å². The Balaban J connectivity index is 2.15. The highest BCUT2D eigenvalue weighted by Crippen LogP contribution is 2.26. The van der Waals surface area contributed by atoms with Crippen LogP contribution in [0.1, 0.15) is 52.9 Å². The molecular formula is C13H25NO2. The number of carbonyl (C=O) groups is 1. The van der Waals surface area contributed by atoms with Crippen LogP contribution in [0, 0.1) is 5.92 Å². The molecule has 0 saturated heterocycles. The fraction of sp³-hybridized carbons (Fsp3) is 0.923. The molecule has 1 aliphatic carbocycles. The zero-order valence-electron chi connectivity index (χ0n) is 10.8. The summed E-state index contributed by atoms with van der Waals surface area (Å²) in [5.41, 5.74) is 0. The van der Waals surface area contributed by atoms with Crippen molar-refractivity contribution in [3.8, 4) is 0 Å². The molecule has 1 aliphatic rings. The second-order valence-electron chi connectivity index (χ2n) is 5.05. The van der Waals surface area contributed by atoms with Gasteiger partial charge >= 0.3 is 0 Å². The first-order valence-corrected chi connectivity index (χ1v) is 6.52. The molecule has 0 radical (unpaired) electrons. The summed E-state index contributed by atoms with van der Waals surface area (Å²) in [6, 6.07) is 0.381. The first-order valence-electron chi connectivity index (χ1n) is 6.52. The maximum absolute atomic E-state index is 11.5. The molecule has 3 nitrogen and oxygen atoms in total. The minimum atomic E-state index is 0.0358. The van der Waals surface area contributed by atoms with Gasteiger partial charge in [-0.1, -0.05) is 13.3 Å². The van der Waals surface area contributed by atoms with Crippen LogP contribution in [0.3, 0.4) is 0 Å². The van der Waals surface area contributed by atoms with Crippen LogP contribution in [-0.2, 0) is 9.53 Å². The van der Waals surface area contributed by atoms with E-state index >= 15 is 0 Å². The van der Waals surface area contributed by atoms with Crippen molar-refractivity contribution in [3.05, 3.63) is 0 Å². The van der Waals surface area contributed by atoms with E-state index in [1.807, 2.05) is 13.8 Å². The van der Waals surface area contributed by atoms with Gasteiger partial charge in [0.1, 0.15) is 6.61 Å². The molecule has 0 unspecified atom stereocenters. The van der Waals surface area contributed by atoms with Gasteiger partial charge in [-0.15, -0.1) is 0 Å². The molecule has 0 aromatic heterocycles. The lowest BCUT2D eigenvalue weighted by atomic mass is 9.84. The minimum Gasteiger partial charge on any atom is -0.369 e. The van der Waals surface area contributed by atoms with Crippen LogP contribution in [0.5, 0.6) is 0 Å². The second kappa shape index (κ2) is 6.89. The van der Waals surface area contributed by atoms with Crippen molar-refractivity contribution in [1.82, 2.24) is 5.32 Å². The van der Waals surface area contributed by atoms with E-state index in [2.05, 4.69) is 12.2 Å². The molecule has 0 atom stereocenters. The number of nitrogens with one attached hydrogen (secondary N) is 1. The topological polar surface area (TPSA) is 38.3 Å². The number of ether oxygens (including phenoxy) is 1. The van der Waals surface area contributed by atoms with E-state index in [9.17, 15) is 4.79 Å². The van der Waals surface area contributed by atoms with E-state index < -0.39 is 0 Å². The molecule has 1 fully saturated rings. The van der Waals surface area contributed by atoms with Gasteiger partial charge in [0.05, 0.1) is 6.10 Å². The molecule has 0 heterocycles. The summed E-state index contributed by atoms with van der Waals surface area (Å²) < 4.78 is 5.28. The van der Waals surface area contributed by atoms with Crippen LogP contribution in [0.15, 0.2) is 0 Å². The Morgan fingerprint density at radius 2 is 1.94 bits per heavy atom. The quantitative estimate of drug-likeness (QED) is 0.783. The Morgan fingerprint density at radius 1 is 1.31 bits per heavy atom. The maximum atomic E-state index is 11.5. The average Bonchev–Trinajstić information content (AvgIpc) is 2.27. The van der Waals surface area contributed by atoms with E-state index in [0.29, 0.717) is 6.04 Å². The molecule has 16 heavy (non-hydrogen) atoms. The van der Waals surface area contributed by atoms with E-state index in [4.69, 9.17) is 4.74 Å². The van der Waals surface area contributed by atoms with E-state index in [1.165, 1.54) is 19.3 Å². The lowest BCUT2D eigenvalue weighted by Gasteiger charge is -2.28. The highest BCUT2D eigenvalue weighted by Gasteiger charge is 2.21. The van der Waals surface area contributed by atoms with Gasteiger partial charge in [0.2, 0.25) is 5.91 Å². The smallest absolute Gasteiger partial charge is 0.246 e. The van der Waals surface area contributed by atoms with Crippen LogP contribution < -0.4 is 5.32 Å². The molecule has 94 valence electrons. The molecule has 1 saturated carbocycles. The summed E-state index contributed by atoms with van der Waals surface area (Å²) in [6.45, 7) is 6.34. The van der Waals surface area contributed by atoms with Crippen LogP contribution >= 0.6 is 0 Å². The predicted molar refractivity (Wildman–Crippen MR) is 65.3 cm³/mol. The van der Waals surface area contributed by atoms with Crippen LogP contribution in [0.4, 0.5) is 0 Å². The van der Waals surface area contributed by atoms with E-state index in [-0.39, 0.29) is 18.6 Å². The fourth-order valence-corrected chi connectivity index (χ4v) is 2.23. The van der Waals surface area contributed by atoms with Crippen molar-refractivity contribution in [1.29, 1.82) is 0 Å². The van der Waals surface area contributed by atoms with Crippen molar-refractivity contribution in [2.45, 2.75) is 65.0 Å². The van der Waals surface area contributed by atoms with Crippen LogP contribution in [-0.4, -0.2) is 24.7 Å². The number of carbonyl (C=O) groups excluding carboxylic acids is 1. The van der Waals surface area contributed by atoms with Gasteiger partial charge in [0.25, 0.3) is 0 Å². The largest absolute Gasteiger partial charge is 0.369 e. The third kappa shape index (κ3) is 4.97. The van der Waals surface area contributed by atoms with Crippen molar-refractivity contribution in [3.63, 3.8) is 0 Å². The molecule has 1 amide bonds. The molecule has 1 N–H and O–H groups in total. The van der Waals surface area contributed by atoms with Gasteiger partial charge in [0.15, 0.2) is 0 Å². The normalized spacial score (nSPS) is 25.8. The Bertz CT molecular complexity index is 208. The molecular weight excluding hydrogens is 202 g/mol. The summed E-state index contributed by atoms with van der Waals surface area (Å²) in [5.74, 6) is 0.911. The highest BCUT2D eigenvalue weighted by atomic mass is 16.5. The number of hydrogen-bond donors (Lipinski definition) is 1. The lowest BCUT2D eigenvalue weighted by Crippen LogP contribution is -2.39. The van der Waals surface area contributed by atoms with Crippen molar-refractivity contribution >= 4 is 5.91 Å². The average molecular weight is 227 g/mol. The monoisotopic (exact) mass is 227 g/mol. The second-order valence-corrected chi connectivity index (χ2v) is 5.05. The summed E-state index contributed by atoms with van der Waals surface area (Å²) in [5, 5.41) is 3.05. The Morgan fingerprint density at radius 3 is 2.44 bits per heavy atom. The first-order chi connectivity index (χ1) is 7.61. The van der Waals surface area contributed by atoms with Crippen molar-refractivity contribution in [2.24, 2.45) is 5.92 Å². The third-order valence-corrected chi connectivity index (χ3v) is 3.34.